The number of ether oxygens (including phenoxy) is 1. The Balaban J connectivity index is 0.000000515. The first-order valence-corrected chi connectivity index (χ1v) is 16.3. The van der Waals surface area contributed by atoms with E-state index in [0.29, 0.717) is 12.0 Å². The topological polar surface area (TPSA) is 66.8 Å². The van der Waals surface area contributed by atoms with Gasteiger partial charge in [0.25, 0.3) is 0 Å². The zero-order valence-corrected chi connectivity index (χ0v) is 25.5. The third-order valence-corrected chi connectivity index (χ3v) is 8.61. The Morgan fingerprint density at radius 1 is 0.850 bits per heavy atom. The molecule has 2 aliphatic rings. The number of piperidine rings is 1. The molecule has 2 heterocycles. The van der Waals surface area contributed by atoms with E-state index in [-0.39, 0.29) is 12.6 Å². The van der Waals surface area contributed by atoms with Gasteiger partial charge in [0.05, 0.1) is 0 Å². The van der Waals surface area contributed by atoms with Gasteiger partial charge >= 0.3 is 11.9 Å². The molecule has 5 heteroatoms. The van der Waals surface area contributed by atoms with Crippen molar-refractivity contribution in [1.82, 2.24) is 4.90 Å². The number of nitrogens with zero attached hydrogens (tertiary/aromatic N) is 1. The van der Waals surface area contributed by atoms with E-state index < -0.39 is 11.9 Å². The fourth-order valence-electron chi connectivity index (χ4n) is 5.96. The second kappa shape index (κ2) is 21.6. The van der Waals surface area contributed by atoms with Gasteiger partial charge in [0, 0.05) is 18.5 Å². The molecule has 40 heavy (non-hydrogen) atoms. The van der Waals surface area contributed by atoms with Gasteiger partial charge in [-0.05, 0) is 70.4 Å². The molecule has 2 aliphatic heterocycles. The van der Waals surface area contributed by atoms with Crippen LogP contribution in [0, 0.1) is 0 Å². The minimum atomic E-state index is -0.971. The highest BCUT2D eigenvalue weighted by Gasteiger charge is 2.33. The average Bonchev–Trinajstić information content (AvgIpc) is 3.13. The molecule has 3 unspecified atom stereocenters. The maximum Gasteiger partial charge on any atom is 0.314 e. The summed E-state index contributed by atoms with van der Waals surface area (Å²) in [4.78, 5) is 25.9. The van der Waals surface area contributed by atoms with E-state index in [0.717, 1.165) is 31.3 Å². The highest BCUT2D eigenvalue weighted by atomic mass is 16.5. The van der Waals surface area contributed by atoms with Crippen molar-refractivity contribution in [2.24, 2.45) is 0 Å². The molecule has 3 rings (SSSR count). The molecule has 0 spiro atoms. The molecular formula is C35H57NO4. The van der Waals surface area contributed by atoms with Crippen molar-refractivity contribution in [2.75, 3.05) is 13.7 Å². The molecule has 0 radical (unpaired) electrons. The summed E-state index contributed by atoms with van der Waals surface area (Å²) in [5, 5.41) is 9.36. The zero-order valence-electron chi connectivity index (χ0n) is 25.5. The predicted molar refractivity (Wildman–Crippen MR) is 166 cm³/mol. The van der Waals surface area contributed by atoms with Crippen LogP contribution in [-0.4, -0.2) is 47.7 Å². The summed E-state index contributed by atoms with van der Waals surface area (Å²) in [6.07, 6.45) is 28.2. The molecule has 5 nitrogen and oxygen atoms in total. The van der Waals surface area contributed by atoms with E-state index >= 15 is 0 Å². The van der Waals surface area contributed by atoms with Gasteiger partial charge in [-0.25, -0.2) is 0 Å². The molecule has 0 aromatic heterocycles. The lowest BCUT2D eigenvalue weighted by Gasteiger charge is -2.30. The maximum atomic E-state index is 11.9. The van der Waals surface area contributed by atoms with Crippen molar-refractivity contribution in [3.8, 4) is 0 Å². The van der Waals surface area contributed by atoms with Crippen molar-refractivity contribution in [3.63, 3.8) is 0 Å². The Morgan fingerprint density at radius 3 is 1.95 bits per heavy atom. The van der Waals surface area contributed by atoms with Crippen LogP contribution in [0.5, 0.6) is 0 Å². The number of carbonyl (C=O) groups excluding carboxylic acids is 1. The third-order valence-electron chi connectivity index (χ3n) is 8.61. The molecule has 0 saturated carbocycles. The molecule has 1 aromatic carbocycles. The molecule has 3 atom stereocenters. The first-order chi connectivity index (χ1) is 19.5. The molecule has 0 aliphatic carbocycles. The van der Waals surface area contributed by atoms with Crippen molar-refractivity contribution in [3.05, 3.63) is 48.0 Å². The summed E-state index contributed by atoms with van der Waals surface area (Å²) < 4.78 is 5.21. The predicted octanol–water partition coefficient (Wildman–Crippen LogP) is 9.07. The summed E-state index contributed by atoms with van der Waals surface area (Å²) in [5.41, 5.74) is 0.658. The van der Waals surface area contributed by atoms with Gasteiger partial charge in [-0.15, -0.1) is 0 Å². The average molecular weight is 556 g/mol. The number of carboxylic acids is 1. The largest absolute Gasteiger partial charge is 0.481 e. The number of carboxylic acid groups (broad SMARTS) is 1. The number of unbranched alkanes of at least 4 members (excludes halogenated alkanes) is 11. The summed E-state index contributed by atoms with van der Waals surface area (Å²) in [6.45, 7) is 2.14. The minimum absolute atomic E-state index is 0.106. The van der Waals surface area contributed by atoms with Gasteiger partial charge < -0.3 is 14.7 Å². The molecule has 2 fully saturated rings. The Kier molecular flexibility index (Phi) is 18.4. The van der Waals surface area contributed by atoms with Crippen LogP contribution in [0.2, 0.25) is 0 Å². The fraction of sp³-hybridized carbons (Fsp3) is 0.714. The monoisotopic (exact) mass is 555 g/mol. The van der Waals surface area contributed by atoms with Crippen LogP contribution < -0.4 is 0 Å². The number of hydrogen-bond acceptors (Lipinski definition) is 4. The molecule has 1 N–H and O–H groups in total. The van der Waals surface area contributed by atoms with Crippen LogP contribution in [0.4, 0.5) is 0 Å². The van der Waals surface area contributed by atoms with E-state index in [4.69, 9.17) is 4.74 Å². The molecule has 2 bridgehead atoms. The smallest absolute Gasteiger partial charge is 0.314 e. The highest BCUT2D eigenvalue weighted by molar-refractivity contribution is 5.77. The SMILES string of the molecule is CCCCCC/C=C\CCCCCCCCCC(=O)OCC(C(=O)O)c1ccccc1.CN1C2CCCC1CC2. The second-order valence-electron chi connectivity index (χ2n) is 11.8. The summed E-state index contributed by atoms with van der Waals surface area (Å²) >= 11 is 0. The number of esters is 1. The van der Waals surface area contributed by atoms with Gasteiger partial charge in [-0.1, -0.05) is 107 Å². The summed E-state index contributed by atoms with van der Waals surface area (Å²) in [5.74, 6) is -2.08. The molecular weight excluding hydrogens is 498 g/mol. The number of carbonyl (C=O) groups is 2. The Morgan fingerprint density at radius 2 is 1.40 bits per heavy atom. The van der Waals surface area contributed by atoms with E-state index in [1.54, 1.807) is 24.3 Å². The first-order valence-electron chi connectivity index (χ1n) is 16.3. The third kappa shape index (κ3) is 14.5. The van der Waals surface area contributed by atoms with Gasteiger partial charge in [-0.2, -0.15) is 0 Å². The van der Waals surface area contributed by atoms with Crippen molar-refractivity contribution >= 4 is 11.9 Å². The molecule has 1 aromatic rings. The second-order valence-corrected chi connectivity index (χ2v) is 11.8. The Labute approximate surface area is 244 Å². The standard InChI is InChI=1S/C27H42O4.C8H15N/c1-2-3-4-5-6-7-8-9-10-11-12-13-14-15-19-22-26(28)31-23-25(27(29)30)24-20-17-16-18-21-24;1-9-7-3-2-4-8(9)6-5-7/h7-8,16-18,20-21,25H,2-6,9-15,19,22-23H2,1H3,(H,29,30);7-8H,2-6H2,1H3/b8-7-;. The maximum absolute atomic E-state index is 11.9. The number of rotatable bonds is 19. The molecule has 2 saturated heterocycles. The number of aliphatic carboxylic acids is 1. The lowest BCUT2D eigenvalue weighted by atomic mass is 10.0. The number of hydrogen-bond donors (Lipinski definition) is 1. The van der Waals surface area contributed by atoms with Crippen LogP contribution in [0.3, 0.4) is 0 Å². The van der Waals surface area contributed by atoms with Crippen molar-refractivity contribution in [2.45, 2.75) is 147 Å². The highest BCUT2D eigenvalue weighted by Crippen LogP contribution is 2.33. The van der Waals surface area contributed by atoms with Gasteiger partial charge in [0.1, 0.15) is 12.5 Å². The molecule has 226 valence electrons. The van der Waals surface area contributed by atoms with E-state index in [1.807, 2.05) is 6.07 Å². The Hall–Kier alpha value is -2.14. The molecule has 0 amide bonds. The van der Waals surface area contributed by atoms with Gasteiger partial charge in [0.15, 0.2) is 0 Å². The van der Waals surface area contributed by atoms with Crippen LogP contribution in [0.1, 0.15) is 140 Å². The van der Waals surface area contributed by atoms with Crippen LogP contribution >= 0.6 is 0 Å². The fourth-order valence-corrected chi connectivity index (χ4v) is 5.96. The first kappa shape index (κ1) is 34.1. The van der Waals surface area contributed by atoms with Gasteiger partial charge in [0.2, 0.25) is 0 Å². The van der Waals surface area contributed by atoms with Crippen LogP contribution in [-0.2, 0) is 14.3 Å². The van der Waals surface area contributed by atoms with E-state index in [1.165, 1.54) is 96.3 Å². The summed E-state index contributed by atoms with van der Waals surface area (Å²) in [6, 6.07) is 10.8. The number of fused-ring (bicyclic) bond motifs is 2. The normalized spacial score (nSPS) is 19.2. The summed E-state index contributed by atoms with van der Waals surface area (Å²) in [7, 11) is 2.29. The zero-order chi connectivity index (χ0) is 28.8. The number of allylic oxidation sites excluding steroid dienone is 2. The lowest BCUT2D eigenvalue weighted by Crippen LogP contribution is -2.35. The lowest BCUT2D eigenvalue weighted by molar-refractivity contribution is -0.148. The van der Waals surface area contributed by atoms with E-state index in [9.17, 15) is 14.7 Å². The quantitative estimate of drug-likeness (QED) is 0.105. The van der Waals surface area contributed by atoms with Crippen molar-refractivity contribution in [1.29, 1.82) is 0 Å². The van der Waals surface area contributed by atoms with Gasteiger partial charge in [-0.3, -0.25) is 9.59 Å². The Bertz CT molecular complexity index is 808. The van der Waals surface area contributed by atoms with Crippen LogP contribution in [0.15, 0.2) is 42.5 Å². The van der Waals surface area contributed by atoms with Crippen molar-refractivity contribution < 1.29 is 19.4 Å². The number of benzene rings is 1. The van der Waals surface area contributed by atoms with Crippen LogP contribution in [0.25, 0.3) is 0 Å². The van der Waals surface area contributed by atoms with E-state index in [2.05, 4.69) is 31.0 Å². The minimum Gasteiger partial charge on any atom is -0.481 e.